The van der Waals surface area contributed by atoms with Crippen molar-refractivity contribution in [2.24, 2.45) is 29.6 Å². The molecule has 134 valence electrons. The molecule has 2 heterocycles. The van der Waals surface area contributed by atoms with Gasteiger partial charge in [-0.05, 0) is 29.6 Å². The van der Waals surface area contributed by atoms with Gasteiger partial charge in [0.2, 0.25) is 0 Å². The SMILES string of the molecule is C1=C[N-]C(=C2C=CC=C[N-]2)C=C1.CC1C(C)C(C)C(C)C1C.[CH3-].[Ir+3]. The van der Waals surface area contributed by atoms with E-state index < -0.39 is 0 Å². The third-order valence-corrected chi connectivity index (χ3v) is 5.74. The summed E-state index contributed by atoms with van der Waals surface area (Å²) in [5, 5.41) is 8.37. The van der Waals surface area contributed by atoms with Crippen molar-refractivity contribution < 1.29 is 20.1 Å². The molecule has 0 bridgehead atoms. The van der Waals surface area contributed by atoms with Gasteiger partial charge in [0.15, 0.2) is 0 Å². The molecule has 1 fully saturated rings. The van der Waals surface area contributed by atoms with Crippen LogP contribution < -0.4 is 0 Å². The van der Waals surface area contributed by atoms with E-state index in [1.807, 2.05) is 36.5 Å². The molecular weight excluding hydrogens is 472 g/mol. The Morgan fingerprint density at radius 1 is 0.583 bits per heavy atom. The van der Waals surface area contributed by atoms with Crippen molar-refractivity contribution in [3.63, 3.8) is 0 Å². The van der Waals surface area contributed by atoms with Crippen LogP contribution >= 0.6 is 0 Å². The summed E-state index contributed by atoms with van der Waals surface area (Å²) in [6.07, 6.45) is 15.1. The Kier molecular flexibility index (Phi) is 10.3. The molecule has 0 aromatic rings. The van der Waals surface area contributed by atoms with Gasteiger partial charge in [0.25, 0.3) is 0 Å². The normalized spacial score (nSPS) is 35.8. The van der Waals surface area contributed by atoms with Gasteiger partial charge in [0, 0.05) is 0 Å². The van der Waals surface area contributed by atoms with E-state index in [9.17, 15) is 0 Å². The second-order valence-corrected chi connectivity index (χ2v) is 6.73. The summed E-state index contributed by atoms with van der Waals surface area (Å²) in [6, 6.07) is 0. The van der Waals surface area contributed by atoms with E-state index in [4.69, 9.17) is 0 Å². The number of hydrogen-bond donors (Lipinski definition) is 0. The van der Waals surface area contributed by atoms with Crippen LogP contribution in [-0.2, 0) is 20.1 Å². The third kappa shape index (κ3) is 5.50. The maximum Gasteiger partial charge on any atom is 3.00 e. The van der Waals surface area contributed by atoms with E-state index in [0.29, 0.717) is 0 Å². The monoisotopic (exact) mass is 504 g/mol. The quantitative estimate of drug-likeness (QED) is 0.328. The minimum Gasteiger partial charge on any atom is -0.665 e. The molecule has 24 heavy (non-hydrogen) atoms. The van der Waals surface area contributed by atoms with Crippen molar-refractivity contribution in [2.45, 2.75) is 34.6 Å². The van der Waals surface area contributed by atoms with Crippen LogP contribution in [0.15, 0.2) is 60.3 Å². The van der Waals surface area contributed by atoms with Gasteiger partial charge in [-0.2, -0.15) is 23.8 Å². The van der Waals surface area contributed by atoms with Gasteiger partial charge in [0.05, 0.1) is 0 Å². The van der Waals surface area contributed by atoms with Crippen LogP contribution in [0.25, 0.3) is 10.6 Å². The van der Waals surface area contributed by atoms with Gasteiger partial charge < -0.3 is 18.1 Å². The second-order valence-electron chi connectivity index (χ2n) is 6.73. The first-order chi connectivity index (χ1) is 10.5. The molecule has 0 amide bonds. The Morgan fingerprint density at radius 3 is 1.08 bits per heavy atom. The first-order valence-electron chi connectivity index (χ1n) is 8.34. The summed E-state index contributed by atoms with van der Waals surface area (Å²) in [4.78, 5) is 0. The van der Waals surface area contributed by atoms with E-state index in [0.717, 1.165) is 41.0 Å². The van der Waals surface area contributed by atoms with E-state index in [1.54, 1.807) is 12.4 Å². The molecule has 1 aliphatic carbocycles. The Hall–Kier alpha value is -1.05. The molecule has 2 aliphatic heterocycles. The summed E-state index contributed by atoms with van der Waals surface area (Å²) >= 11 is 0. The first-order valence-corrected chi connectivity index (χ1v) is 8.34. The summed E-state index contributed by atoms with van der Waals surface area (Å²) in [5.74, 6) is 4.68. The summed E-state index contributed by atoms with van der Waals surface area (Å²) < 4.78 is 0. The number of nitrogens with zero attached hydrogens (tertiary/aromatic N) is 2. The van der Waals surface area contributed by atoms with Gasteiger partial charge in [0.1, 0.15) is 0 Å². The van der Waals surface area contributed by atoms with Crippen LogP contribution in [0.5, 0.6) is 0 Å². The zero-order valence-electron chi connectivity index (χ0n) is 15.7. The molecule has 0 aromatic carbocycles. The van der Waals surface area contributed by atoms with Crippen molar-refractivity contribution >= 4 is 0 Å². The fourth-order valence-corrected chi connectivity index (χ4v) is 3.42. The van der Waals surface area contributed by atoms with Gasteiger partial charge >= 0.3 is 20.1 Å². The molecule has 0 N–H and O–H groups in total. The van der Waals surface area contributed by atoms with Crippen molar-refractivity contribution in [3.8, 4) is 0 Å². The molecule has 0 aromatic heterocycles. The van der Waals surface area contributed by atoms with E-state index >= 15 is 0 Å². The van der Waals surface area contributed by atoms with Gasteiger partial charge in [-0.25, -0.2) is 0 Å². The zero-order valence-corrected chi connectivity index (χ0v) is 18.1. The molecule has 2 nitrogen and oxygen atoms in total. The number of rotatable bonds is 0. The topological polar surface area (TPSA) is 28.2 Å². The summed E-state index contributed by atoms with van der Waals surface area (Å²) in [7, 11) is 0. The maximum absolute atomic E-state index is 4.19. The molecule has 3 heteroatoms. The molecule has 3 rings (SSSR count). The fraction of sp³-hybridized carbons (Fsp3) is 0.476. The zero-order chi connectivity index (χ0) is 16.1. The molecule has 0 spiro atoms. The maximum atomic E-state index is 4.19. The Morgan fingerprint density at radius 2 is 0.875 bits per heavy atom. The molecule has 0 saturated heterocycles. The molecule has 0 unspecified atom stereocenters. The summed E-state index contributed by atoms with van der Waals surface area (Å²) in [5.41, 5.74) is 1.83. The Labute approximate surface area is 162 Å². The molecule has 3 aliphatic rings. The molecule has 0 atom stereocenters. The predicted octanol–water partition coefficient (Wildman–Crippen LogP) is 6.74. The van der Waals surface area contributed by atoms with E-state index in [-0.39, 0.29) is 27.5 Å². The van der Waals surface area contributed by atoms with Crippen molar-refractivity contribution in [3.05, 3.63) is 78.3 Å². The van der Waals surface area contributed by atoms with E-state index in [2.05, 4.69) is 45.3 Å². The van der Waals surface area contributed by atoms with Gasteiger partial charge in [-0.1, -0.05) is 71.1 Å². The predicted molar refractivity (Wildman–Crippen MR) is 103 cm³/mol. The number of allylic oxidation sites excluding steroid dienone is 6. The van der Waals surface area contributed by atoms with Crippen LogP contribution in [0.3, 0.4) is 0 Å². The van der Waals surface area contributed by atoms with Gasteiger partial charge in [-0.3, -0.25) is 0 Å². The molecular formula is C21H31IrN2. The van der Waals surface area contributed by atoms with Crippen LogP contribution in [-0.4, -0.2) is 0 Å². The van der Waals surface area contributed by atoms with Crippen molar-refractivity contribution in [1.82, 2.24) is 0 Å². The first kappa shape index (κ1) is 22.9. The smallest absolute Gasteiger partial charge is 0.665 e. The Bertz CT molecular complexity index is 451. The van der Waals surface area contributed by atoms with Crippen molar-refractivity contribution in [2.75, 3.05) is 0 Å². The minimum atomic E-state index is 0. The van der Waals surface area contributed by atoms with Crippen LogP contribution in [0, 0.1) is 37.0 Å². The molecule has 1 saturated carbocycles. The average Bonchev–Trinajstić information content (AvgIpc) is 2.75. The third-order valence-electron chi connectivity index (χ3n) is 5.74. The van der Waals surface area contributed by atoms with Crippen molar-refractivity contribution in [1.29, 1.82) is 0 Å². The van der Waals surface area contributed by atoms with Gasteiger partial charge in [-0.15, -0.1) is 0 Å². The fourth-order valence-electron chi connectivity index (χ4n) is 3.42. The van der Waals surface area contributed by atoms with Crippen LogP contribution in [0.2, 0.25) is 0 Å². The largest absolute Gasteiger partial charge is 3.00 e. The molecule has 0 radical (unpaired) electrons. The number of hydrogen-bond acceptors (Lipinski definition) is 0. The van der Waals surface area contributed by atoms with E-state index in [1.165, 1.54) is 0 Å². The standard InChI is InChI=1S/C10H8N2.C10H20.CH3.Ir/c1-3-7-11-9(5-1)10-6-2-4-8-12-10;1-6-7(2)9(4)10(5)8(6)3;;/h1-8H;6-10H,1-5H3;1H3;/q-2;;-1;+3. The van der Waals surface area contributed by atoms with Crippen LogP contribution in [0.1, 0.15) is 34.6 Å². The van der Waals surface area contributed by atoms with Crippen LogP contribution in [0.4, 0.5) is 0 Å². The second kappa shape index (κ2) is 10.7. The minimum absolute atomic E-state index is 0. The Balaban J connectivity index is 0.000000413. The average molecular weight is 504 g/mol. The summed E-state index contributed by atoms with van der Waals surface area (Å²) in [6.45, 7) is 12.0.